The van der Waals surface area contributed by atoms with Gasteiger partial charge >= 0.3 is 0 Å². The quantitative estimate of drug-likeness (QED) is 0.0369. The highest BCUT2D eigenvalue weighted by Crippen LogP contribution is 2.64. The van der Waals surface area contributed by atoms with E-state index in [4.69, 9.17) is 28.4 Å². The molecule has 898 valence electrons. The summed E-state index contributed by atoms with van der Waals surface area (Å²) in [6.07, 6.45) is 132. The molecule has 0 aliphatic carbocycles. The molecule has 0 amide bonds. The third-order valence-electron chi connectivity index (χ3n) is 36.1. The molecule has 11 nitrogen and oxygen atoms in total. The first-order valence-corrected chi connectivity index (χ1v) is 70.3. The van der Waals surface area contributed by atoms with Gasteiger partial charge in [-0.05, 0) is 51.4 Å². The fraction of sp³-hybridized carbons (Fsp3) is 1.00. The predicted octanol–water partition coefficient (Wildman–Crippen LogP) is 45.3. The summed E-state index contributed by atoms with van der Waals surface area (Å²) in [4.78, 5) is 0. The van der Waals surface area contributed by atoms with Gasteiger partial charge in [0.2, 0.25) is 5.79 Å². The van der Waals surface area contributed by atoms with Crippen LogP contribution in [0.3, 0.4) is 0 Å². The molecule has 0 spiro atoms. The number of aliphatic hydroxyl groups excluding tert-OH is 3. The molecule has 11 heteroatoms. The van der Waals surface area contributed by atoms with Crippen LogP contribution in [0.2, 0.25) is 0 Å². The van der Waals surface area contributed by atoms with Crippen LogP contribution in [0.5, 0.6) is 0 Å². The molecule has 2 aliphatic rings. The fourth-order valence-corrected chi connectivity index (χ4v) is 25.9. The summed E-state index contributed by atoms with van der Waals surface area (Å²) in [6, 6.07) is 0. The predicted molar refractivity (Wildman–Crippen MR) is 655 cm³/mol. The molecule has 0 bridgehead atoms. The molecule has 2 rings (SSSR count). The van der Waals surface area contributed by atoms with Crippen LogP contribution in [0.15, 0.2) is 0 Å². The lowest BCUT2D eigenvalue weighted by Gasteiger charge is -2.71. The van der Waals surface area contributed by atoms with Crippen molar-refractivity contribution >= 4 is 0 Å². The van der Waals surface area contributed by atoms with Crippen molar-refractivity contribution < 1.29 is 54.0 Å². The van der Waals surface area contributed by atoms with E-state index in [1.807, 2.05) is 0 Å². The number of aliphatic hydroxyl groups is 5. The minimum atomic E-state index is -2.15. The zero-order valence-electron chi connectivity index (χ0n) is 104. The highest BCUT2D eigenvalue weighted by Gasteiger charge is 2.82. The van der Waals surface area contributed by atoms with Crippen LogP contribution in [0.25, 0.3) is 0 Å². The molecule has 0 radical (unpaired) electrons. The van der Waals surface area contributed by atoms with Crippen molar-refractivity contribution in [1.29, 1.82) is 0 Å². The molecule has 5 N–H and O–H groups in total. The first-order chi connectivity index (χ1) is 73.9. The Morgan fingerprint density at radius 2 is 0.373 bits per heavy atom. The first kappa shape index (κ1) is 146. The van der Waals surface area contributed by atoms with Crippen molar-refractivity contribution in [2.75, 3.05) is 26.4 Å². The summed E-state index contributed by atoms with van der Waals surface area (Å²) in [6.45, 7) is 19.2. The average Bonchev–Trinajstić information content (AvgIpc) is 0.661. The van der Waals surface area contributed by atoms with E-state index in [-0.39, 0.29) is 19.3 Å². The number of rotatable bonds is 126. The molecular formula is C139H276O11. The summed E-state index contributed by atoms with van der Waals surface area (Å²) in [5.41, 5.74) is -7.82. The fourth-order valence-electron chi connectivity index (χ4n) is 25.9. The lowest BCUT2D eigenvalue weighted by molar-refractivity contribution is -0.503. The second-order valence-corrected chi connectivity index (χ2v) is 50.1. The van der Waals surface area contributed by atoms with Gasteiger partial charge in [-0.15, -0.1) is 0 Å². The van der Waals surface area contributed by atoms with Crippen molar-refractivity contribution in [2.24, 2.45) is 0 Å². The Morgan fingerprint density at radius 1 is 0.193 bits per heavy atom. The SMILES string of the molecule is CCCCCCCCCCCCCCCCO[C@H]1[C@@H](O)[C@H](O[C@]2(CCCCCCCCCCCCCCCC)[C@](CO)(CCCCCCCCCCCCCCCC)O[C@@](CCCCCCCCCCCCCCCC)(OCCCCCCCCCCCCCCCC)[C@@](O)(CCCCCCCCCCCCCCCC)[C@@]2(O)CCCCCCCCCCCCCCCC)O[C@H](O)[C@H]1OCCCCCCCCCCCCCCCC. The Kier molecular flexibility index (Phi) is 107. The van der Waals surface area contributed by atoms with E-state index in [0.717, 1.165) is 161 Å². The Balaban J connectivity index is 3.23. The Hall–Kier alpha value is -0.440. The molecule has 0 unspecified atom stereocenters. The summed E-state index contributed by atoms with van der Waals surface area (Å²) >= 11 is 0. The van der Waals surface area contributed by atoms with Gasteiger partial charge in [-0.1, -0.05) is 749 Å². The molecule has 10 atom stereocenters. The molecule has 0 aromatic heterocycles. The van der Waals surface area contributed by atoms with Gasteiger partial charge in [0.25, 0.3) is 0 Å². The third kappa shape index (κ3) is 74.3. The van der Waals surface area contributed by atoms with E-state index in [1.165, 1.54) is 533 Å². The zero-order valence-corrected chi connectivity index (χ0v) is 104. The molecule has 0 saturated carbocycles. The van der Waals surface area contributed by atoms with Crippen LogP contribution in [-0.4, -0.2) is 111 Å². The normalized spacial score (nSPS) is 20.6. The Bertz CT molecular complexity index is 2610. The number of hydrogen-bond acceptors (Lipinski definition) is 11. The summed E-state index contributed by atoms with van der Waals surface area (Å²) in [5.74, 6) is -1.75. The molecule has 0 aromatic carbocycles. The first-order valence-electron chi connectivity index (χ1n) is 70.3. The van der Waals surface area contributed by atoms with Gasteiger partial charge in [0, 0.05) is 19.6 Å². The molecule has 0 aromatic rings. The lowest BCUT2D eigenvalue weighted by Crippen LogP contribution is -2.89. The maximum absolute atomic E-state index is 16.5. The minimum absolute atomic E-state index is 0.195. The lowest BCUT2D eigenvalue weighted by atomic mass is 9.52. The smallest absolute Gasteiger partial charge is 0.201 e. The number of ether oxygens (including phenoxy) is 6. The highest BCUT2D eigenvalue weighted by atomic mass is 16.8. The van der Waals surface area contributed by atoms with E-state index >= 15 is 10.2 Å². The van der Waals surface area contributed by atoms with Gasteiger partial charge in [0.1, 0.15) is 40.7 Å². The monoisotopic (exact) mass is 2120 g/mol. The standard InChI is InChI=1S/C139H276O11/c1-9-17-25-33-41-49-57-65-73-81-89-97-105-113-121-135(129-140)138(124-116-108-100-92-84-76-68-60-52-44-36-28-20-12-4,149-134-130(141)131(145-126-118-110-102-94-86-78-70-62-54-46-38-30-22-14-6)132(133(142)148-134)146-127-119-111-103-95-87-79-71-63-55-47-39-31-23-15-7)136(143,122-114-106-98-90-82-74-66-58-50-42-34-26-18-10-2)137(144,123-115-107-99-91-83-75-67-59-51-43-35-27-19-11-3)139(150-135,125-117-109-101-93-85-77-69-61-53-45-37-29-21-13-5)147-128-120-112-104-96-88-80-72-64-56-48-40-32-24-16-8/h130-134,140-144H,9-129H2,1-8H3/t130-,131+,132+,133+,134+,135-,136+,137-,138-,139-/m1/s1. The minimum Gasteiger partial charge on any atom is -0.393 e. The number of unbranched alkanes of at least 4 members (excludes halogenated alkanes) is 104. The van der Waals surface area contributed by atoms with Gasteiger partial charge < -0.3 is 54.0 Å². The van der Waals surface area contributed by atoms with E-state index < -0.39 is 65.7 Å². The highest BCUT2D eigenvalue weighted by molar-refractivity contribution is 5.28. The molecular weight excluding hydrogens is 1850 g/mol. The van der Waals surface area contributed by atoms with Crippen LogP contribution in [0.1, 0.15) is 807 Å². The third-order valence-corrected chi connectivity index (χ3v) is 36.1. The molecule has 2 fully saturated rings. The molecule has 150 heavy (non-hydrogen) atoms. The van der Waals surface area contributed by atoms with Crippen LogP contribution in [0.4, 0.5) is 0 Å². The maximum atomic E-state index is 16.5. The molecule has 2 saturated heterocycles. The average molecular weight is 2120 g/mol. The molecule has 2 heterocycles. The van der Waals surface area contributed by atoms with E-state index in [1.54, 1.807) is 0 Å². The second-order valence-electron chi connectivity index (χ2n) is 50.1. The van der Waals surface area contributed by atoms with Crippen LogP contribution in [-0.2, 0) is 28.4 Å². The van der Waals surface area contributed by atoms with Gasteiger partial charge in [0.05, 0.1) is 13.2 Å². The van der Waals surface area contributed by atoms with Crippen molar-refractivity contribution in [1.82, 2.24) is 0 Å². The van der Waals surface area contributed by atoms with Crippen molar-refractivity contribution in [3.8, 4) is 0 Å². The largest absolute Gasteiger partial charge is 0.393 e. The van der Waals surface area contributed by atoms with Gasteiger partial charge in [-0.3, -0.25) is 0 Å². The second kappa shape index (κ2) is 110. The van der Waals surface area contributed by atoms with E-state index in [0.29, 0.717) is 58.3 Å². The van der Waals surface area contributed by atoms with Crippen LogP contribution in [0, 0.1) is 0 Å². The van der Waals surface area contributed by atoms with Crippen molar-refractivity contribution in [2.45, 2.75) is 866 Å². The summed E-state index contributed by atoms with van der Waals surface area (Å²) < 4.78 is 46.3. The Morgan fingerprint density at radius 3 is 0.600 bits per heavy atom. The van der Waals surface area contributed by atoms with Crippen LogP contribution < -0.4 is 0 Å². The summed E-state index contributed by atoms with van der Waals surface area (Å²) in [5, 5.41) is 73.9. The molecule has 2 aliphatic heterocycles. The summed E-state index contributed by atoms with van der Waals surface area (Å²) in [7, 11) is 0. The topological polar surface area (TPSA) is 157 Å². The van der Waals surface area contributed by atoms with E-state index in [2.05, 4.69) is 55.4 Å². The van der Waals surface area contributed by atoms with Gasteiger partial charge in [-0.2, -0.15) is 0 Å². The number of hydrogen-bond donors (Lipinski definition) is 5. The van der Waals surface area contributed by atoms with Crippen molar-refractivity contribution in [3.63, 3.8) is 0 Å². The Labute approximate surface area is 940 Å². The van der Waals surface area contributed by atoms with Gasteiger partial charge in [0.15, 0.2) is 12.6 Å². The van der Waals surface area contributed by atoms with Gasteiger partial charge in [-0.25, -0.2) is 0 Å². The van der Waals surface area contributed by atoms with E-state index in [9.17, 15) is 15.3 Å². The van der Waals surface area contributed by atoms with Crippen LogP contribution >= 0.6 is 0 Å². The van der Waals surface area contributed by atoms with Crippen molar-refractivity contribution in [3.05, 3.63) is 0 Å². The maximum Gasteiger partial charge on any atom is 0.201 e. The zero-order chi connectivity index (χ0) is 108.